The van der Waals surface area contributed by atoms with Gasteiger partial charge < -0.3 is 16.8 Å². The number of fused-ring (bicyclic) bond motifs is 1. The molecule has 1 aromatic carbocycles. The average Bonchev–Trinajstić information content (AvgIpc) is 3.22. The highest BCUT2D eigenvalue weighted by molar-refractivity contribution is 8.02. The SMILES string of the molecule is N/C=C(\N=C(/N)Nc1n[nH]c2ccccc12)SCc1cccs1. The maximum absolute atomic E-state index is 5.96. The van der Waals surface area contributed by atoms with E-state index in [1.807, 2.05) is 35.7 Å². The molecule has 6 N–H and O–H groups in total. The molecule has 0 amide bonds. The summed E-state index contributed by atoms with van der Waals surface area (Å²) in [5, 5.41) is 13.8. The Balaban J connectivity index is 1.68. The number of thioether (sulfide) groups is 1. The number of benzene rings is 1. The second-order valence-electron chi connectivity index (χ2n) is 4.61. The maximum Gasteiger partial charge on any atom is 0.200 e. The molecule has 118 valence electrons. The summed E-state index contributed by atoms with van der Waals surface area (Å²) in [6.07, 6.45) is 1.45. The number of rotatable bonds is 5. The van der Waals surface area contributed by atoms with E-state index in [1.54, 1.807) is 11.3 Å². The van der Waals surface area contributed by atoms with E-state index in [0.29, 0.717) is 10.8 Å². The molecule has 8 heteroatoms. The zero-order valence-electron chi connectivity index (χ0n) is 12.2. The van der Waals surface area contributed by atoms with Crippen LogP contribution in [0.1, 0.15) is 4.88 Å². The monoisotopic (exact) mass is 344 g/mol. The zero-order valence-corrected chi connectivity index (χ0v) is 13.8. The number of nitrogens with one attached hydrogen (secondary N) is 2. The average molecular weight is 344 g/mol. The number of hydrogen-bond acceptors (Lipinski definition) is 5. The third kappa shape index (κ3) is 3.85. The smallest absolute Gasteiger partial charge is 0.200 e. The van der Waals surface area contributed by atoms with Gasteiger partial charge in [-0.3, -0.25) is 5.10 Å². The van der Waals surface area contributed by atoms with E-state index in [9.17, 15) is 0 Å². The lowest BCUT2D eigenvalue weighted by Crippen LogP contribution is -2.22. The number of H-pyrrole nitrogens is 1. The lowest BCUT2D eigenvalue weighted by atomic mass is 10.2. The molecule has 0 aliphatic rings. The fourth-order valence-electron chi connectivity index (χ4n) is 1.98. The molecule has 2 aromatic heterocycles. The van der Waals surface area contributed by atoms with Crippen LogP contribution in [0.15, 0.2) is 58.0 Å². The number of guanidine groups is 1. The van der Waals surface area contributed by atoms with Gasteiger partial charge in [0.25, 0.3) is 0 Å². The fraction of sp³-hybridized carbons (Fsp3) is 0.0667. The minimum atomic E-state index is 0.248. The van der Waals surface area contributed by atoms with Crippen molar-refractivity contribution in [1.29, 1.82) is 0 Å². The van der Waals surface area contributed by atoms with E-state index in [1.165, 1.54) is 22.8 Å². The molecule has 0 saturated heterocycles. The van der Waals surface area contributed by atoms with Gasteiger partial charge in [0.15, 0.2) is 11.8 Å². The van der Waals surface area contributed by atoms with Crippen LogP contribution in [0.4, 0.5) is 5.82 Å². The highest BCUT2D eigenvalue weighted by Crippen LogP contribution is 2.24. The second-order valence-corrected chi connectivity index (χ2v) is 6.64. The second kappa shape index (κ2) is 7.21. The Bertz CT molecular complexity index is 835. The van der Waals surface area contributed by atoms with Gasteiger partial charge in [-0.15, -0.1) is 11.3 Å². The van der Waals surface area contributed by atoms with Crippen LogP contribution in [0.2, 0.25) is 0 Å². The standard InChI is InChI=1S/C15H16N6S2/c16-8-13(23-9-10-4-3-7-22-10)18-15(17)19-14-11-5-1-2-6-12(11)20-21-14/h1-8H,9,16H2,(H4,17,18,19,20,21)/b13-8+. The van der Waals surface area contributed by atoms with Gasteiger partial charge in [-0.2, -0.15) is 5.10 Å². The molecular weight excluding hydrogens is 328 g/mol. The van der Waals surface area contributed by atoms with Gasteiger partial charge in [0, 0.05) is 22.2 Å². The number of aliphatic imine (C=N–C) groups is 1. The summed E-state index contributed by atoms with van der Waals surface area (Å²) in [6.45, 7) is 0. The van der Waals surface area contributed by atoms with Crippen molar-refractivity contribution in [3.8, 4) is 0 Å². The number of aromatic amines is 1. The Hall–Kier alpha value is -2.45. The van der Waals surface area contributed by atoms with Crippen molar-refractivity contribution in [2.75, 3.05) is 5.32 Å². The van der Waals surface area contributed by atoms with E-state index in [-0.39, 0.29) is 5.96 Å². The highest BCUT2D eigenvalue weighted by atomic mass is 32.2. The van der Waals surface area contributed by atoms with E-state index >= 15 is 0 Å². The summed E-state index contributed by atoms with van der Waals surface area (Å²) in [5.74, 6) is 1.70. The van der Waals surface area contributed by atoms with E-state index < -0.39 is 0 Å². The molecule has 0 saturated carbocycles. The Morgan fingerprint density at radius 1 is 1.35 bits per heavy atom. The van der Waals surface area contributed by atoms with Crippen molar-refractivity contribution in [3.63, 3.8) is 0 Å². The van der Waals surface area contributed by atoms with Crippen LogP contribution in [-0.2, 0) is 5.75 Å². The Morgan fingerprint density at radius 3 is 3.00 bits per heavy atom. The molecule has 0 bridgehead atoms. The molecular formula is C15H16N6S2. The molecule has 0 aliphatic heterocycles. The third-order valence-electron chi connectivity index (χ3n) is 3.03. The normalized spacial score (nSPS) is 12.7. The van der Waals surface area contributed by atoms with Crippen molar-refractivity contribution in [2.24, 2.45) is 16.5 Å². The Morgan fingerprint density at radius 2 is 2.22 bits per heavy atom. The van der Waals surface area contributed by atoms with Gasteiger partial charge in [0.1, 0.15) is 5.03 Å². The third-order valence-corrected chi connectivity index (χ3v) is 5.07. The van der Waals surface area contributed by atoms with Crippen LogP contribution < -0.4 is 16.8 Å². The molecule has 0 fully saturated rings. The summed E-state index contributed by atoms with van der Waals surface area (Å²) in [7, 11) is 0. The van der Waals surface area contributed by atoms with Crippen molar-refractivity contribution >= 4 is 45.8 Å². The summed E-state index contributed by atoms with van der Waals surface area (Å²) < 4.78 is 0. The van der Waals surface area contributed by atoms with Gasteiger partial charge in [-0.05, 0) is 23.6 Å². The van der Waals surface area contributed by atoms with E-state index in [2.05, 4.69) is 26.6 Å². The van der Waals surface area contributed by atoms with Gasteiger partial charge in [-0.25, -0.2) is 4.99 Å². The predicted molar refractivity (Wildman–Crippen MR) is 99.2 cm³/mol. The summed E-state index contributed by atoms with van der Waals surface area (Å²) in [5.41, 5.74) is 12.5. The summed E-state index contributed by atoms with van der Waals surface area (Å²) in [4.78, 5) is 5.57. The minimum Gasteiger partial charge on any atom is -0.402 e. The van der Waals surface area contributed by atoms with Gasteiger partial charge >= 0.3 is 0 Å². The first kappa shape index (κ1) is 15.4. The summed E-state index contributed by atoms with van der Waals surface area (Å²) >= 11 is 3.24. The highest BCUT2D eigenvalue weighted by Gasteiger charge is 2.06. The minimum absolute atomic E-state index is 0.248. The molecule has 3 aromatic rings. The quantitative estimate of drug-likeness (QED) is 0.420. The number of thiophene rings is 1. The van der Waals surface area contributed by atoms with Crippen molar-refractivity contribution in [3.05, 3.63) is 57.9 Å². The van der Waals surface area contributed by atoms with Crippen molar-refractivity contribution in [2.45, 2.75) is 5.75 Å². The van der Waals surface area contributed by atoms with Crippen molar-refractivity contribution in [1.82, 2.24) is 10.2 Å². The summed E-state index contributed by atoms with van der Waals surface area (Å²) in [6, 6.07) is 11.9. The molecule has 0 atom stereocenters. The van der Waals surface area contributed by atoms with Gasteiger partial charge in [0.05, 0.1) is 5.52 Å². The van der Waals surface area contributed by atoms with E-state index in [4.69, 9.17) is 11.5 Å². The molecule has 0 radical (unpaired) electrons. The Kier molecular flexibility index (Phi) is 4.84. The molecule has 6 nitrogen and oxygen atoms in total. The number of nitrogens with zero attached hydrogens (tertiary/aromatic N) is 2. The first-order chi connectivity index (χ1) is 11.3. The first-order valence-electron chi connectivity index (χ1n) is 6.87. The fourth-order valence-corrected chi connectivity index (χ4v) is 3.57. The van der Waals surface area contributed by atoms with Crippen LogP contribution in [0.3, 0.4) is 0 Å². The topological polar surface area (TPSA) is 105 Å². The predicted octanol–water partition coefficient (Wildman–Crippen LogP) is 3.04. The number of anilines is 1. The molecule has 2 heterocycles. The van der Waals surface area contributed by atoms with E-state index in [0.717, 1.165) is 16.7 Å². The van der Waals surface area contributed by atoms with Crippen LogP contribution >= 0.6 is 23.1 Å². The number of nitrogens with two attached hydrogens (primary N) is 2. The molecule has 3 rings (SSSR count). The van der Waals surface area contributed by atoms with Crippen LogP contribution in [0, 0.1) is 0 Å². The Labute approximate surface area is 141 Å². The first-order valence-corrected chi connectivity index (χ1v) is 8.74. The van der Waals surface area contributed by atoms with Crippen molar-refractivity contribution < 1.29 is 0 Å². The maximum atomic E-state index is 5.96. The number of para-hydroxylation sites is 1. The molecule has 0 aliphatic carbocycles. The zero-order chi connectivity index (χ0) is 16.1. The molecule has 23 heavy (non-hydrogen) atoms. The van der Waals surface area contributed by atoms with Gasteiger partial charge in [-0.1, -0.05) is 30.0 Å². The van der Waals surface area contributed by atoms with Crippen LogP contribution in [0.25, 0.3) is 10.9 Å². The molecule has 0 unspecified atom stereocenters. The lowest BCUT2D eigenvalue weighted by Gasteiger charge is -2.04. The van der Waals surface area contributed by atoms with Gasteiger partial charge in [0.2, 0.25) is 0 Å². The largest absolute Gasteiger partial charge is 0.402 e. The van der Waals surface area contributed by atoms with Crippen LogP contribution in [-0.4, -0.2) is 16.2 Å². The number of aromatic nitrogens is 2. The number of hydrogen-bond donors (Lipinski definition) is 4. The lowest BCUT2D eigenvalue weighted by molar-refractivity contribution is 1.12. The van der Waals surface area contributed by atoms with Crippen LogP contribution in [0.5, 0.6) is 0 Å². The molecule has 0 spiro atoms.